The van der Waals surface area contributed by atoms with Gasteiger partial charge in [-0.25, -0.2) is 0 Å². The fourth-order valence-corrected chi connectivity index (χ4v) is 4.86. The molecule has 3 atom stereocenters. The number of hydrogen-bond acceptors (Lipinski definition) is 4. The van der Waals surface area contributed by atoms with E-state index in [4.69, 9.17) is 11.6 Å². The van der Waals surface area contributed by atoms with Crippen LogP contribution >= 0.6 is 11.6 Å². The maximum atomic E-state index is 13.5. The van der Waals surface area contributed by atoms with Crippen molar-refractivity contribution in [2.24, 2.45) is 5.92 Å². The first-order chi connectivity index (χ1) is 13.7. The second kappa shape index (κ2) is 7.02. The second-order valence-corrected chi connectivity index (χ2v) is 7.95. The summed E-state index contributed by atoms with van der Waals surface area (Å²) < 4.78 is 0. The molecular formula is C21H20ClN5O. The number of pyridine rings is 1. The number of rotatable bonds is 4. The number of amides is 1. The van der Waals surface area contributed by atoms with E-state index in [0.717, 1.165) is 37.1 Å². The minimum absolute atomic E-state index is 0.0759. The summed E-state index contributed by atoms with van der Waals surface area (Å²) in [6.07, 6.45) is 8.97. The van der Waals surface area contributed by atoms with Crippen molar-refractivity contribution >= 4 is 17.5 Å². The van der Waals surface area contributed by atoms with Gasteiger partial charge in [-0.15, -0.1) is 0 Å². The average Bonchev–Trinajstić information content (AvgIpc) is 3.46. The van der Waals surface area contributed by atoms with Gasteiger partial charge in [0.15, 0.2) is 0 Å². The van der Waals surface area contributed by atoms with E-state index in [1.165, 1.54) is 4.80 Å². The van der Waals surface area contributed by atoms with Crippen LogP contribution in [-0.2, 0) is 6.42 Å². The third-order valence-corrected chi connectivity index (χ3v) is 6.15. The molecule has 6 nitrogen and oxygen atoms in total. The normalized spacial score (nSPS) is 23.3. The lowest BCUT2D eigenvalue weighted by atomic mass is 9.86. The Bertz CT molecular complexity index is 988. The average molecular weight is 394 g/mol. The van der Waals surface area contributed by atoms with Gasteiger partial charge in [0.25, 0.3) is 5.91 Å². The molecule has 2 aliphatic heterocycles. The highest BCUT2D eigenvalue weighted by molar-refractivity contribution is 6.30. The Labute approximate surface area is 168 Å². The van der Waals surface area contributed by atoms with Gasteiger partial charge in [-0.2, -0.15) is 15.0 Å². The van der Waals surface area contributed by atoms with Gasteiger partial charge in [0.1, 0.15) is 0 Å². The highest BCUT2D eigenvalue weighted by Gasteiger charge is 2.48. The first kappa shape index (κ1) is 17.4. The van der Waals surface area contributed by atoms with Crippen molar-refractivity contribution in [3.05, 3.63) is 71.3 Å². The molecule has 3 aromatic rings. The molecule has 4 heterocycles. The van der Waals surface area contributed by atoms with Gasteiger partial charge in [0, 0.05) is 24.0 Å². The van der Waals surface area contributed by atoms with Gasteiger partial charge >= 0.3 is 0 Å². The second-order valence-electron chi connectivity index (χ2n) is 7.51. The molecule has 0 aliphatic carbocycles. The van der Waals surface area contributed by atoms with Crippen LogP contribution in [0.1, 0.15) is 35.3 Å². The SMILES string of the molecule is O=C(c1ccccc1-n1nccn1)N1C2CCC1C(Cc1ccc(Cl)cn1)C2. The topological polar surface area (TPSA) is 63.9 Å². The minimum Gasteiger partial charge on any atom is -0.332 e. The quantitative estimate of drug-likeness (QED) is 0.680. The number of para-hydroxylation sites is 1. The van der Waals surface area contributed by atoms with E-state index < -0.39 is 0 Å². The van der Waals surface area contributed by atoms with E-state index in [1.54, 1.807) is 18.6 Å². The van der Waals surface area contributed by atoms with Gasteiger partial charge in [0.2, 0.25) is 0 Å². The minimum atomic E-state index is 0.0759. The molecule has 0 N–H and O–H groups in total. The number of hydrogen-bond donors (Lipinski definition) is 0. The molecule has 2 aromatic heterocycles. The number of halogens is 1. The molecule has 2 saturated heterocycles. The molecule has 7 heteroatoms. The Morgan fingerprint density at radius 1 is 1.11 bits per heavy atom. The van der Waals surface area contributed by atoms with Gasteiger partial charge in [-0.1, -0.05) is 23.7 Å². The summed E-state index contributed by atoms with van der Waals surface area (Å²) in [5.74, 6) is 0.512. The van der Waals surface area contributed by atoms with E-state index in [1.807, 2.05) is 36.4 Å². The fourth-order valence-electron chi connectivity index (χ4n) is 4.75. The zero-order chi connectivity index (χ0) is 19.1. The summed E-state index contributed by atoms with van der Waals surface area (Å²) in [4.78, 5) is 21.6. The lowest BCUT2D eigenvalue weighted by Gasteiger charge is -2.25. The van der Waals surface area contributed by atoms with Crippen LogP contribution in [0.3, 0.4) is 0 Å². The van der Waals surface area contributed by atoms with E-state index in [2.05, 4.69) is 20.1 Å². The number of benzene rings is 1. The van der Waals surface area contributed by atoms with Gasteiger partial charge in [0.05, 0.1) is 28.7 Å². The van der Waals surface area contributed by atoms with E-state index >= 15 is 0 Å². The molecule has 3 unspecified atom stereocenters. The Balaban J connectivity index is 1.40. The maximum Gasteiger partial charge on any atom is 0.256 e. The van der Waals surface area contributed by atoms with Crippen molar-refractivity contribution in [3.8, 4) is 5.69 Å². The molecule has 142 valence electrons. The van der Waals surface area contributed by atoms with Crippen molar-refractivity contribution in [1.29, 1.82) is 0 Å². The lowest BCUT2D eigenvalue weighted by Crippen LogP contribution is -2.37. The monoisotopic (exact) mass is 393 g/mol. The molecule has 28 heavy (non-hydrogen) atoms. The standard InChI is InChI=1S/C21H20ClN5O/c22-15-5-6-16(23-13-15)11-14-12-17-7-8-19(14)26(17)21(28)18-3-1-2-4-20(18)27-24-9-10-25-27/h1-6,9-10,13-14,17,19H,7-8,11-12H2. The summed E-state index contributed by atoms with van der Waals surface area (Å²) in [5.41, 5.74) is 2.41. The number of fused-ring (bicyclic) bond motifs is 2. The Kier molecular flexibility index (Phi) is 4.36. The molecular weight excluding hydrogens is 374 g/mol. The predicted molar refractivity (Wildman–Crippen MR) is 105 cm³/mol. The molecule has 1 amide bonds. The van der Waals surface area contributed by atoms with Crippen LogP contribution in [0, 0.1) is 5.92 Å². The third-order valence-electron chi connectivity index (χ3n) is 5.93. The molecule has 0 radical (unpaired) electrons. The summed E-state index contributed by atoms with van der Waals surface area (Å²) in [6.45, 7) is 0. The lowest BCUT2D eigenvalue weighted by molar-refractivity contribution is 0.0718. The van der Waals surface area contributed by atoms with Crippen LogP contribution in [-0.4, -0.2) is 42.9 Å². The zero-order valence-corrected chi connectivity index (χ0v) is 16.0. The number of nitrogens with zero attached hydrogens (tertiary/aromatic N) is 5. The Morgan fingerprint density at radius 2 is 1.93 bits per heavy atom. The van der Waals surface area contributed by atoms with Crippen molar-refractivity contribution in [2.75, 3.05) is 0 Å². The Morgan fingerprint density at radius 3 is 2.71 bits per heavy atom. The smallest absolute Gasteiger partial charge is 0.256 e. The predicted octanol–water partition coefficient (Wildman–Crippen LogP) is 3.55. The Hall–Kier alpha value is -2.73. The first-order valence-corrected chi connectivity index (χ1v) is 9.97. The van der Waals surface area contributed by atoms with Crippen molar-refractivity contribution in [2.45, 2.75) is 37.8 Å². The van der Waals surface area contributed by atoms with Crippen molar-refractivity contribution in [3.63, 3.8) is 0 Å². The molecule has 1 aromatic carbocycles. The number of carbonyl (C=O) groups is 1. The van der Waals surface area contributed by atoms with Crippen molar-refractivity contribution in [1.82, 2.24) is 24.9 Å². The van der Waals surface area contributed by atoms with Crippen LogP contribution in [0.5, 0.6) is 0 Å². The fraction of sp³-hybridized carbons (Fsp3) is 0.333. The van der Waals surface area contributed by atoms with Crippen LogP contribution < -0.4 is 0 Å². The van der Waals surface area contributed by atoms with E-state index in [9.17, 15) is 4.79 Å². The number of carbonyl (C=O) groups excluding carboxylic acids is 1. The molecule has 2 aliphatic rings. The summed E-state index contributed by atoms with van der Waals surface area (Å²) in [6, 6.07) is 12.0. The summed E-state index contributed by atoms with van der Waals surface area (Å²) in [5, 5.41) is 9.06. The number of aromatic nitrogens is 4. The zero-order valence-electron chi connectivity index (χ0n) is 15.3. The molecule has 2 fully saturated rings. The van der Waals surface area contributed by atoms with Crippen LogP contribution in [0.25, 0.3) is 5.69 Å². The molecule has 0 saturated carbocycles. The maximum absolute atomic E-state index is 13.5. The first-order valence-electron chi connectivity index (χ1n) is 9.59. The molecule has 0 spiro atoms. The van der Waals surface area contributed by atoms with Crippen LogP contribution in [0.2, 0.25) is 5.02 Å². The largest absolute Gasteiger partial charge is 0.332 e. The highest BCUT2D eigenvalue weighted by Crippen LogP contribution is 2.44. The van der Waals surface area contributed by atoms with Crippen LogP contribution in [0.15, 0.2) is 55.0 Å². The molecule has 2 bridgehead atoms. The summed E-state index contributed by atoms with van der Waals surface area (Å²) >= 11 is 5.95. The molecule has 5 rings (SSSR count). The highest BCUT2D eigenvalue weighted by atomic mass is 35.5. The van der Waals surface area contributed by atoms with E-state index in [0.29, 0.717) is 22.5 Å². The van der Waals surface area contributed by atoms with Crippen LogP contribution in [0.4, 0.5) is 0 Å². The van der Waals surface area contributed by atoms with Gasteiger partial charge < -0.3 is 4.90 Å². The van der Waals surface area contributed by atoms with Crippen molar-refractivity contribution < 1.29 is 4.79 Å². The van der Waals surface area contributed by atoms with Gasteiger partial charge in [-0.3, -0.25) is 9.78 Å². The van der Waals surface area contributed by atoms with E-state index in [-0.39, 0.29) is 11.9 Å². The van der Waals surface area contributed by atoms with Gasteiger partial charge in [-0.05, 0) is 55.9 Å². The summed E-state index contributed by atoms with van der Waals surface area (Å²) in [7, 11) is 0. The third kappa shape index (κ3) is 2.98.